The van der Waals surface area contributed by atoms with Gasteiger partial charge in [0, 0.05) is 23.4 Å². The maximum absolute atomic E-state index is 13.7. The predicted octanol–water partition coefficient (Wildman–Crippen LogP) is 3.94. The van der Waals surface area contributed by atoms with Crippen LogP contribution in [0.2, 0.25) is 0 Å². The lowest BCUT2D eigenvalue weighted by atomic mass is 10.1. The summed E-state index contributed by atoms with van der Waals surface area (Å²) < 4.78 is 24.3. The Hall–Kier alpha value is -2.82. The van der Waals surface area contributed by atoms with Gasteiger partial charge in [-0.15, -0.1) is 0 Å². The number of benzene rings is 2. The average molecular weight is 327 g/mol. The van der Waals surface area contributed by atoms with Gasteiger partial charge in [-0.25, -0.2) is 4.39 Å². The lowest BCUT2D eigenvalue weighted by Gasteiger charge is -2.13. The van der Waals surface area contributed by atoms with Crippen molar-refractivity contribution < 1.29 is 18.3 Å². The van der Waals surface area contributed by atoms with Crippen LogP contribution in [-0.4, -0.2) is 19.1 Å². The number of halogens is 1. The van der Waals surface area contributed by atoms with Gasteiger partial charge in [0.25, 0.3) is 5.91 Å². The van der Waals surface area contributed by atoms with Crippen LogP contribution in [0.1, 0.15) is 23.0 Å². The topological polar surface area (TPSA) is 51.5 Å². The number of hydrogen-bond acceptors (Lipinski definition) is 3. The molecule has 0 saturated heterocycles. The molecule has 5 heteroatoms. The second-order valence-corrected chi connectivity index (χ2v) is 5.68. The highest BCUT2D eigenvalue weighted by Crippen LogP contribution is 2.20. The third kappa shape index (κ3) is 3.40. The van der Waals surface area contributed by atoms with Gasteiger partial charge in [-0.3, -0.25) is 4.79 Å². The van der Waals surface area contributed by atoms with E-state index < -0.39 is 5.82 Å². The fourth-order valence-electron chi connectivity index (χ4n) is 2.61. The predicted molar refractivity (Wildman–Crippen MR) is 89.8 cm³/mol. The van der Waals surface area contributed by atoms with E-state index in [9.17, 15) is 9.18 Å². The monoisotopic (exact) mass is 327 g/mol. The first-order valence-electron chi connectivity index (χ1n) is 7.68. The molecule has 0 aliphatic heterocycles. The van der Waals surface area contributed by atoms with Gasteiger partial charge in [-0.1, -0.05) is 18.2 Å². The van der Waals surface area contributed by atoms with Crippen LogP contribution in [-0.2, 0) is 6.42 Å². The summed E-state index contributed by atoms with van der Waals surface area (Å²) in [5, 5.41) is 3.88. The minimum atomic E-state index is -0.560. The molecule has 1 amide bonds. The van der Waals surface area contributed by atoms with Crippen LogP contribution in [0.5, 0.6) is 5.75 Å². The number of fused-ring (bicyclic) bond motifs is 1. The summed E-state index contributed by atoms with van der Waals surface area (Å²) in [6.45, 7) is 1.88. The van der Waals surface area contributed by atoms with Gasteiger partial charge >= 0.3 is 0 Å². The minimum absolute atomic E-state index is 0.113. The molecule has 2 aromatic carbocycles. The summed E-state index contributed by atoms with van der Waals surface area (Å²) in [6.07, 6.45) is 0.555. The first kappa shape index (κ1) is 16.1. The van der Waals surface area contributed by atoms with Gasteiger partial charge in [0.05, 0.1) is 7.11 Å². The molecule has 1 aromatic heterocycles. The van der Waals surface area contributed by atoms with E-state index >= 15 is 0 Å². The first-order chi connectivity index (χ1) is 11.6. The lowest BCUT2D eigenvalue weighted by Crippen LogP contribution is -2.34. The normalized spacial score (nSPS) is 12.1. The molecule has 3 rings (SSSR count). The number of carbonyl (C=O) groups excluding carboxylic acids is 1. The van der Waals surface area contributed by atoms with E-state index in [1.165, 1.54) is 25.3 Å². The molecule has 0 fully saturated rings. The number of para-hydroxylation sites is 1. The summed E-state index contributed by atoms with van der Waals surface area (Å²) in [6, 6.07) is 13.7. The highest BCUT2D eigenvalue weighted by molar-refractivity contribution is 5.94. The minimum Gasteiger partial charge on any atom is -0.494 e. The number of furan rings is 1. The smallest absolute Gasteiger partial charge is 0.251 e. The zero-order chi connectivity index (χ0) is 17.1. The van der Waals surface area contributed by atoms with Crippen LogP contribution < -0.4 is 10.1 Å². The molecule has 0 bridgehead atoms. The van der Waals surface area contributed by atoms with E-state index in [1.807, 2.05) is 37.3 Å². The van der Waals surface area contributed by atoms with Crippen molar-refractivity contribution in [1.82, 2.24) is 5.32 Å². The summed E-state index contributed by atoms with van der Waals surface area (Å²) in [5.74, 6) is 0.0158. The number of methoxy groups -OCH3 is 1. The number of rotatable bonds is 5. The molecule has 1 N–H and O–H groups in total. The summed E-state index contributed by atoms with van der Waals surface area (Å²) in [4.78, 5) is 12.2. The maximum atomic E-state index is 13.7. The molecule has 24 heavy (non-hydrogen) atoms. The number of hydrogen-bond donors (Lipinski definition) is 1. The average Bonchev–Trinajstić information content (AvgIpc) is 2.96. The second-order valence-electron chi connectivity index (χ2n) is 5.68. The van der Waals surface area contributed by atoms with Crippen molar-refractivity contribution >= 4 is 16.9 Å². The Labute approximate surface area is 139 Å². The molecule has 3 aromatic rings. The summed E-state index contributed by atoms with van der Waals surface area (Å²) >= 11 is 0. The van der Waals surface area contributed by atoms with E-state index in [1.54, 1.807) is 0 Å². The molecule has 0 unspecified atom stereocenters. The van der Waals surface area contributed by atoms with Crippen LogP contribution >= 0.6 is 0 Å². The number of carbonyl (C=O) groups is 1. The van der Waals surface area contributed by atoms with E-state index in [-0.39, 0.29) is 23.3 Å². The van der Waals surface area contributed by atoms with Gasteiger partial charge in [0.2, 0.25) is 0 Å². The quantitative estimate of drug-likeness (QED) is 0.772. The molecule has 124 valence electrons. The van der Waals surface area contributed by atoms with Crippen LogP contribution in [0, 0.1) is 5.82 Å². The zero-order valence-corrected chi connectivity index (χ0v) is 13.5. The van der Waals surface area contributed by atoms with E-state index in [0.29, 0.717) is 6.42 Å². The van der Waals surface area contributed by atoms with Gasteiger partial charge in [-0.05, 0) is 37.3 Å². The molecule has 0 radical (unpaired) electrons. The Morgan fingerprint density at radius 3 is 2.75 bits per heavy atom. The van der Waals surface area contributed by atoms with Crippen molar-refractivity contribution in [3.05, 3.63) is 65.7 Å². The van der Waals surface area contributed by atoms with Crippen LogP contribution in [0.15, 0.2) is 52.9 Å². The van der Waals surface area contributed by atoms with E-state index in [0.717, 1.165) is 16.7 Å². The Bertz CT molecular complexity index is 839. The Morgan fingerprint density at radius 2 is 2.04 bits per heavy atom. The zero-order valence-electron chi connectivity index (χ0n) is 13.5. The van der Waals surface area contributed by atoms with Crippen molar-refractivity contribution in [3.63, 3.8) is 0 Å². The van der Waals surface area contributed by atoms with Crippen molar-refractivity contribution in [1.29, 1.82) is 0 Å². The Balaban J connectivity index is 1.66. The van der Waals surface area contributed by atoms with Crippen molar-refractivity contribution in [2.24, 2.45) is 0 Å². The first-order valence-corrected chi connectivity index (χ1v) is 7.68. The van der Waals surface area contributed by atoms with E-state index in [4.69, 9.17) is 9.15 Å². The van der Waals surface area contributed by atoms with Crippen molar-refractivity contribution in [2.45, 2.75) is 19.4 Å². The Morgan fingerprint density at radius 1 is 1.25 bits per heavy atom. The van der Waals surface area contributed by atoms with E-state index in [2.05, 4.69) is 5.32 Å². The standard InChI is InChI=1S/C19H18FNO3/c1-12(9-15-10-13-5-3-4-6-17(13)24-15)21-19(22)14-7-8-18(23-2)16(20)11-14/h3-8,10-12H,9H2,1-2H3,(H,21,22)/t12-/m1/s1. The number of amides is 1. The molecule has 0 aliphatic rings. The number of ether oxygens (including phenoxy) is 1. The molecule has 0 aliphatic carbocycles. The molecule has 4 nitrogen and oxygen atoms in total. The van der Waals surface area contributed by atoms with Crippen molar-refractivity contribution in [3.8, 4) is 5.75 Å². The molecular weight excluding hydrogens is 309 g/mol. The summed E-state index contributed by atoms with van der Waals surface area (Å²) in [7, 11) is 1.38. The third-order valence-corrected chi connectivity index (χ3v) is 3.78. The number of nitrogens with one attached hydrogen (secondary N) is 1. The fraction of sp³-hybridized carbons (Fsp3) is 0.211. The molecular formula is C19H18FNO3. The van der Waals surface area contributed by atoms with Crippen LogP contribution in [0.4, 0.5) is 4.39 Å². The van der Waals surface area contributed by atoms with Gasteiger partial charge < -0.3 is 14.5 Å². The lowest BCUT2D eigenvalue weighted by molar-refractivity contribution is 0.0939. The Kier molecular flexibility index (Phi) is 4.51. The highest BCUT2D eigenvalue weighted by atomic mass is 19.1. The van der Waals surface area contributed by atoms with Gasteiger partial charge in [0.1, 0.15) is 11.3 Å². The van der Waals surface area contributed by atoms with Crippen molar-refractivity contribution in [2.75, 3.05) is 7.11 Å². The van der Waals surface area contributed by atoms with Crippen LogP contribution in [0.25, 0.3) is 11.0 Å². The van der Waals surface area contributed by atoms with Gasteiger partial charge in [0.15, 0.2) is 11.6 Å². The summed E-state index contributed by atoms with van der Waals surface area (Å²) in [5.41, 5.74) is 1.08. The molecule has 1 atom stereocenters. The maximum Gasteiger partial charge on any atom is 0.251 e. The molecule has 0 saturated carbocycles. The SMILES string of the molecule is COc1ccc(C(=O)N[C@H](C)Cc2cc3ccccc3o2)cc1F. The molecule has 0 spiro atoms. The fourth-order valence-corrected chi connectivity index (χ4v) is 2.61. The largest absolute Gasteiger partial charge is 0.494 e. The highest BCUT2D eigenvalue weighted by Gasteiger charge is 2.14. The van der Waals surface area contributed by atoms with Gasteiger partial charge in [-0.2, -0.15) is 0 Å². The second kappa shape index (κ2) is 6.74. The van der Waals surface area contributed by atoms with Crippen LogP contribution in [0.3, 0.4) is 0 Å². The third-order valence-electron chi connectivity index (χ3n) is 3.78. The molecule has 1 heterocycles.